The lowest BCUT2D eigenvalue weighted by molar-refractivity contribution is -0.141. The molecule has 0 unspecified atom stereocenters. The van der Waals surface area contributed by atoms with Crippen LogP contribution in [0.1, 0.15) is 39.5 Å². The van der Waals surface area contributed by atoms with Crippen molar-refractivity contribution in [3.8, 4) is 5.75 Å². The summed E-state index contributed by atoms with van der Waals surface area (Å²) in [5.41, 5.74) is 0. The molecular weight excluding hydrogens is 418 g/mol. The van der Waals surface area contributed by atoms with Crippen molar-refractivity contribution >= 4 is 21.8 Å². The third kappa shape index (κ3) is 5.57. The molecule has 31 heavy (non-hydrogen) atoms. The van der Waals surface area contributed by atoms with Gasteiger partial charge in [0.1, 0.15) is 11.8 Å². The van der Waals surface area contributed by atoms with Gasteiger partial charge in [-0.2, -0.15) is 4.72 Å². The minimum atomic E-state index is -3.86. The number of rotatable bonds is 7. The molecule has 0 aromatic heterocycles. The van der Waals surface area contributed by atoms with Crippen molar-refractivity contribution in [1.82, 2.24) is 14.5 Å². The van der Waals surface area contributed by atoms with E-state index in [4.69, 9.17) is 4.74 Å². The normalized spacial score (nSPS) is 19.0. The van der Waals surface area contributed by atoms with Gasteiger partial charge in [0.25, 0.3) is 0 Å². The van der Waals surface area contributed by atoms with Gasteiger partial charge in [-0.1, -0.05) is 13.8 Å². The van der Waals surface area contributed by atoms with E-state index in [0.717, 1.165) is 25.9 Å². The molecule has 2 fully saturated rings. The average molecular weight is 452 g/mol. The van der Waals surface area contributed by atoms with E-state index >= 15 is 0 Å². The van der Waals surface area contributed by atoms with Crippen molar-refractivity contribution < 1.29 is 22.7 Å². The molecule has 1 aromatic carbocycles. The fourth-order valence-electron chi connectivity index (χ4n) is 4.20. The zero-order valence-electron chi connectivity index (χ0n) is 18.5. The largest absolute Gasteiger partial charge is 0.497 e. The summed E-state index contributed by atoms with van der Waals surface area (Å²) in [6.45, 7) is 6.25. The zero-order chi connectivity index (χ0) is 22.6. The first-order chi connectivity index (χ1) is 14.7. The second-order valence-electron chi connectivity index (χ2n) is 8.65. The van der Waals surface area contributed by atoms with E-state index in [1.807, 2.05) is 18.7 Å². The fourth-order valence-corrected chi connectivity index (χ4v) is 5.54. The van der Waals surface area contributed by atoms with Gasteiger partial charge in [0, 0.05) is 32.1 Å². The molecule has 9 heteroatoms. The van der Waals surface area contributed by atoms with Gasteiger partial charge in [0.15, 0.2) is 0 Å². The first-order valence-corrected chi connectivity index (χ1v) is 12.4. The Labute approximate surface area is 185 Å². The molecule has 2 aliphatic rings. The molecule has 0 spiro atoms. The molecule has 8 nitrogen and oxygen atoms in total. The Hall–Kier alpha value is -2.13. The van der Waals surface area contributed by atoms with Crippen LogP contribution < -0.4 is 9.46 Å². The van der Waals surface area contributed by atoms with Gasteiger partial charge in [0.05, 0.1) is 12.0 Å². The number of hydrogen-bond donors (Lipinski definition) is 1. The molecule has 0 saturated carbocycles. The highest BCUT2D eigenvalue weighted by Crippen LogP contribution is 2.24. The Morgan fingerprint density at radius 3 is 2.10 bits per heavy atom. The van der Waals surface area contributed by atoms with Crippen molar-refractivity contribution in [3.05, 3.63) is 24.3 Å². The summed E-state index contributed by atoms with van der Waals surface area (Å²) in [6, 6.07) is 5.20. The van der Waals surface area contributed by atoms with Gasteiger partial charge in [-0.15, -0.1) is 0 Å². The van der Waals surface area contributed by atoms with Gasteiger partial charge in [-0.25, -0.2) is 8.42 Å². The highest BCUT2D eigenvalue weighted by Gasteiger charge is 2.36. The van der Waals surface area contributed by atoms with Crippen LogP contribution in [-0.4, -0.2) is 69.4 Å². The van der Waals surface area contributed by atoms with Crippen LogP contribution in [0.5, 0.6) is 5.75 Å². The molecule has 2 amide bonds. The van der Waals surface area contributed by atoms with E-state index in [0.29, 0.717) is 31.7 Å². The molecule has 2 aliphatic heterocycles. The maximum absolute atomic E-state index is 13.2. The summed E-state index contributed by atoms with van der Waals surface area (Å²) >= 11 is 0. The smallest absolute Gasteiger partial charge is 0.241 e. The van der Waals surface area contributed by atoms with Gasteiger partial charge in [-0.05, 0) is 55.9 Å². The number of carbonyl (C=O) groups excluding carboxylic acids is 2. The monoisotopic (exact) mass is 451 g/mol. The minimum Gasteiger partial charge on any atom is -0.497 e. The second kappa shape index (κ2) is 9.99. The van der Waals surface area contributed by atoms with Crippen LogP contribution in [0.4, 0.5) is 0 Å². The SMILES string of the molecule is COc1ccc(S(=O)(=O)N[C@H](C(=O)N2CCC(C(=O)N3CCCC3)CC2)C(C)C)cc1. The third-order valence-corrected chi connectivity index (χ3v) is 7.62. The van der Waals surface area contributed by atoms with Gasteiger partial charge < -0.3 is 14.5 Å². The first kappa shape index (κ1) is 23.5. The van der Waals surface area contributed by atoms with E-state index in [2.05, 4.69) is 4.72 Å². The number of ether oxygens (including phenoxy) is 1. The number of hydrogen-bond acceptors (Lipinski definition) is 5. The number of amides is 2. The average Bonchev–Trinajstić information content (AvgIpc) is 3.31. The maximum Gasteiger partial charge on any atom is 0.241 e. The number of methoxy groups -OCH3 is 1. The molecule has 2 heterocycles. The van der Waals surface area contributed by atoms with Crippen molar-refractivity contribution in [2.45, 2.75) is 50.5 Å². The quantitative estimate of drug-likeness (QED) is 0.683. The van der Waals surface area contributed by atoms with Gasteiger partial charge in [-0.3, -0.25) is 9.59 Å². The van der Waals surface area contributed by atoms with E-state index < -0.39 is 16.1 Å². The second-order valence-corrected chi connectivity index (χ2v) is 10.4. The molecule has 0 bridgehead atoms. The highest BCUT2D eigenvalue weighted by atomic mass is 32.2. The molecule has 2 saturated heterocycles. The Balaban J connectivity index is 1.63. The third-order valence-electron chi connectivity index (χ3n) is 6.16. The van der Waals surface area contributed by atoms with E-state index in [1.165, 1.54) is 19.2 Å². The highest BCUT2D eigenvalue weighted by molar-refractivity contribution is 7.89. The van der Waals surface area contributed by atoms with Crippen LogP contribution in [0, 0.1) is 11.8 Å². The summed E-state index contributed by atoms with van der Waals surface area (Å²) in [6.07, 6.45) is 3.37. The van der Waals surface area contributed by atoms with E-state index in [-0.39, 0.29) is 28.5 Å². The van der Waals surface area contributed by atoms with Crippen LogP contribution in [-0.2, 0) is 19.6 Å². The lowest BCUT2D eigenvalue weighted by atomic mass is 9.94. The van der Waals surface area contributed by atoms with Crippen molar-refractivity contribution in [2.24, 2.45) is 11.8 Å². The topological polar surface area (TPSA) is 96.0 Å². The first-order valence-electron chi connectivity index (χ1n) is 11.0. The summed E-state index contributed by atoms with van der Waals surface area (Å²) < 4.78 is 33.4. The number of likely N-dealkylation sites (tertiary alicyclic amines) is 2. The van der Waals surface area contributed by atoms with Crippen molar-refractivity contribution in [1.29, 1.82) is 0 Å². The van der Waals surface area contributed by atoms with Crippen LogP contribution in [0.15, 0.2) is 29.2 Å². The Bertz CT molecular complexity index is 871. The van der Waals surface area contributed by atoms with Crippen LogP contribution in [0.25, 0.3) is 0 Å². The zero-order valence-corrected chi connectivity index (χ0v) is 19.4. The van der Waals surface area contributed by atoms with E-state index in [1.54, 1.807) is 17.0 Å². The number of carbonyl (C=O) groups is 2. The molecule has 0 radical (unpaired) electrons. The summed E-state index contributed by atoms with van der Waals surface area (Å²) in [5, 5.41) is 0. The predicted octanol–water partition coefficient (Wildman–Crippen LogP) is 1.86. The van der Waals surface area contributed by atoms with Crippen molar-refractivity contribution in [3.63, 3.8) is 0 Å². The standard InChI is InChI=1S/C22H33N3O5S/c1-16(2)20(23-31(28,29)19-8-6-18(30-3)7-9-19)22(27)25-14-10-17(11-15-25)21(26)24-12-4-5-13-24/h6-9,16-17,20,23H,4-5,10-15H2,1-3H3/t20-/m0/s1. The van der Waals surface area contributed by atoms with Crippen molar-refractivity contribution in [2.75, 3.05) is 33.3 Å². The number of sulfonamides is 1. The minimum absolute atomic E-state index is 0.0457. The fraction of sp³-hybridized carbons (Fsp3) is 0.636. The molecule has 0 aliphatic carbocycles. The molecule has 3 rings (SSSR count). The molecule has 1 N–H and O–H groups in total. The number of nitrogens with one attached hydrogen (secondary N) is 1. The van der Waals surface area contributed by atoms with Gasteiger partial charge >= 0.3 is 0 Å². The van der Waals surface area contributed by atoms with Crippen LogP contribution in [0.2, 0.25) is 0 Å². The Morgan fingerprint density at radius 1 is 1.00 bits per heavy atom. The molecular formula is C22H33N3O5S. The Morgan fingerprint density at radius 2 is 1.58 bits per heavy atom. The molecule has 172 valence electrons. The van der Waals surface area contributed by atoms with Crippen LogP contribution >= 0.6 is 0 Å². The lowest BCUT2D eigenvalue weighted by Crippen LogP contribution is -2.53. The lowest BCUT2D eigenvalue weighted by Gasteiger charge is -2.36. The van der Waals surface area contributed by atoms with E-state index in [9.17, 15) is 18.0 Å². The predicted molar refractivity (Wildman–Crippen MR) is 117 cm³/mol. The molecule has 1 aromatic rings. The number of nitrogens with zero attached hydrogens (tertiary/aromatic N) is 2. The summed E-state index contributed by atoms with van der Waals surface area (Å²) in [5.74, 6) is 0.256. The number of benzene rings is 1. The Kier molecular flexibility index (Phi) is 7.59. The summed E-state index contributed by atoms with van der Waals surface area (Å²) in [4.78, 5) is 29.5. The molecule has 1 atom stereocenters. The van der Waals surface area contributed by atoms with Crippen LogP contribution in [0.3, 0.4) is 0 Å². The number of piperidine rings is 1. The van der Waals surface area contributed by atoms with Gasteiger partial charge in [0.2, 0.25) is 21.8 Å². The summed E-state index contributed by atoms with van der Waals surface area (Å²) in [7, 11) is -2.35. The maximum atomic E-state index is 13.2.